The first-order chi connectivity index (χ1) is 15.9. The molecule has 0 aliphatic carbocycles. The average Bonchev–Trinajstić information content (AvgIpc) is 3.21. The normalized spacial score (nSPS) is 18.9. The molecule has 2 aromatic carbocycles. The number of aryl methyl sites for hydroxylation is 2. The van der Waals surface area contributed by atoms with Gasteiger partial charge in [0.25, 0.3) is 0 Å². The number of aliphatic hydroxyl groups is 1. The molecule has 4 rings (SSSR count). The highest BCUT2D eigenvalue weighted by molar-refractivity contribution is 6.32. The van der Waals surface area contributed by atoms with Crippen LogP contribution >= 0.6 is 11.6 Å². The quantitative estimate of drug-likeness (QED) is 0.494. The molecule has 0 radical (unpaired) electrons. The third kappa shape index (κ3) is 6.73. The summed E-state index contributed by atoms with van der Waals surface area (Å²) in [6, 6.07) is 13.9. The number of halogens is 1. The van der Waals surface area contributed by atoms with E-state index in [2.05, 4.69) is 22.1 Å². The summed E-state index contributed by atoms with van der Waals surface area (Å²) in [5.41, 5.74) is 2.53. The molecule has 0 amide bonds. The van der Waals surface area contributed by atoms with Crippen LogP contribution in [0.1, 0.15) is 29.5 Å². The molecule has 1 N–H and O–H groups in total. The Labute approximate surface area is 200 Å². The van der Waals surface area contributed by atoms with Gasteiger partial charge in [-0.25, -0.2) is 0 Å². The van der Waals surface area contributed by atoms with Crippen molar-refractivity contribution in [1.82, 2.24) is 14.7 Å². The van der Waals surface area contributed by atoms with Gasteiger partial charge < -0.3 is 14.6 Å². The zero-order valence-corrected chi connectivity index (χ0v) is 20.1. The summed E-state index contributed by atoms with van der Waals surface area (Å²) in [4.78, 5) is 2.28. The van der Waals surface area contributed by atoms with Crippen molar-refractivity contribution in [3.63, 3.8) is 0 Å². The summed E-state index contributed by atoms with van der Waals surface area (Å²) in [6.45, 7) is 7.85. The van der Waals surface area contributed by atoms with E-state index in [1.54, 1.807) is 0 Å². The first kappa shape index (κ1) is 23.6. The van der Waals surface area contributed by atoms with Gasteiger partial charge in [-0.1, -0.05) is 29.8 Å². The lowest BCUT2D eigenvalue weighted by Gasteiger charge is -2.39. The van der Waals surface area contributed by atoms with Gasteiger partial charge in [0.1, 0.15) is 30.3 Å². The van der Waals surface area contributed by atoms with E-state index in [0.29, 0.717) is 23.9 Å². The number of aromatic nitrogens is 2. The van der Waals surface area contributed by atoms with Gasteiger partial charge in [0.15, 0.2) is 0 Å². The zero-order chi connectivity index (χ0) is 23.3. The smallest absolute Gasteiger partial charge is 0.138 e. The highest BCUT2D eigenvalue weighted by atomic mass is 35.5. The van der Waals surface area contributed by atoms with E-state index in [4.69, 9.17) is 21.1 Å². The van der Waals surface area contributed by atoms with Gasteiger partial charge in [-0.05, 0) is 74.2 Å². The fourth-order valence-corrected chi connectivity index (χ4v) is 4.36. The number of piperidine rings is 1. The highest BCUT2D eigenvalue weighted by Crippen LogP contribution is 2.29. The summed E-state index contributed by atoms with van der Waals surface area (Å²) >= 11 is 6.24. The SMILES string of the molecule is Cc1ccc(Cl)c(OCC2(O)CCCN(Cc3ccc(OCCn4cc(C)cn4)cc3)C2)c1. The van der Waals surface area contributed by atoms with Crippen LogP contribution in [0.15, 0.2) is 54.9 Å². The van der Waals surface area contributed by atoms with E-state index < -0.39 is 5.60 Å². The molecule has 0 saturated carbocycles. The van der Waals surface area contributed by atoms with Gasteiger partial charge in [-0.15, -0.1) is 0 Å². The summed E-state index contributed by atoms with van der Waals surface area (Å²) in [5, 5.41) is 16.0. The molecule has 1 unspecified atom stereocenters. The monoisotopic (exact) mass is 469 g/mol. The van der Waals surface area contributed by atoms with Crippen LogP contribution in [0.4, 0.5) is 0 Å². The van der Waals surface area contributed by atoms with E-state index >= 15 is 0 Å². The molecule has 0 spiro atoms. The fourth-order valence-electron chi connectivity index (χ4n) is 4.19. The van der Waals surface area contributed by atoms with Crippen molar-refractivity contribution in [3.05, 3.63) is 76.6 Å². The lowest BCUT2D eigenvalue weighted by atomic mass is 9.93. The summed E-state index contributed by atoms with van der Waals surface area (Å²) in [7, 11) is 0. The van der Waals surface area contributed by atoms with Crippen LogP contribution in [0, 0.1) is 13.8 Å². The maximum absolute atomic E-state index is 11.1. The highest BCUT2D eigenvalue weighted by Gasteiger charge is 2.34. The van der Waals surface area contributed by atoms with Crippen molar-refractivity contribution in [3.8, 4) is 11.5 Å². The van der Waals surface area contributed by atoms with Crippen LogP contribution in [-0.4, -0.2) is 51.7 Å². The Hall–Kier alpha value is -2.54. The van der Waals surface area contributed by atoms with Crippen LogP contribution in [0.2, 0.25) is 5.02 Å². The lowest BCUT2D eigenvalue weighted by molar-refractivity contribution is -0.0620. The number of likely N-dealkylation sites (tertiary alicyclic amines) is 1. The van der Waals surface area contributed by atoms with Gasteiger partial charge in [-0.3, -0.25) is 9.58 Å². The van der Waals surface area contributed by atoms with Crippen molar-refractivity contribution in [1.29, 1.82) is 0 Å². The number of rotatable bonds is 9. The second-order valence-corrected chi connectivity index (χ2v) is 9.44. The lowest BCUT2D eigenvalue weighted by Crippen LogP contribution is -2.51. The molecule has 6 nitrogen and oxygen atoms in total. The summed E-state index contributed by atoms with van der Waals surface area (Å²) in [5.74, 6) is 1.47. The minimum absolute atomic E-state index is 0.231. The van der Waals surface area contributed by atoms with Crippen molar-refractivity contribution in [2.45, 2.75) is 45.4 Å². The summed E-state index contributed by atoms with van der Waals surface area (Å²) in [6.07, 6.45) is 5.50. The van der Waals surface area contributed by atoms with Gasteiger partial charge in [0.2, 0.25) is 0 Å². The first-order valence-electron chi connectivity index (χ1n) is 11.4. The number of benzene rings is 2. The van der Waals surface area contributed by atoms with Crippen LogP contribution in [0.5, 0.6) is 11.5 Å². The topological polar surface area (TPSA) is 59.8 Å². The molecule has 2 heterocycles. The second kappa shape index (κ2) is 10.6. The van der Waals surface area contributed by atoms with E-state index in [1.807, 2.05) is 61.3 Å². The van der Waals surface area contributed by atoms with Crippen molar-refractivity contribution < 1.29 is 14.6 Å². The maximum atomic E-state index is 11.1. The fraction of sp³-hybridized carbons (Fsp3) is 0.423. The predicted octanol–water partition coefficient (Wildman–Crippen LogP) is 4.64. The Bertz CT molecular complexity index is 1050. The molecule has 0 bridgehead atoms. The average molecular weight is 470 g/mol. The number of ether oxygens (including phenoxy) is 2. The Kier molecular flexibility index (Phi) is 7.58. The third-order valence-electron chi connectivity index (χ3n) is 5.90. The molecular formula is C26H32ClN3O3. The molecular weight excluding hydrogens is 438 g/mol. The van der Waals surface area contributed by atoms with Crippen molar-refractivity contribution in [2.75, 3.05) is 26.3 Å². The van der Waals surface area contributed by atoms with E-state index in [-0.39, 0.29) is 6.61 Å². The van der Waals surface area contributed by atoms with Gasteiger partial charge in [-0.2, -0.15) is 5.10 Å². The molecule has 1 aliphatic heterocycles. The Morgan fingerprint density at radius 1 is 1.09 bits per heavy atom. The molecule has 3 aromatic rings. The third-order valence-corrected chi connectivity index (χ3v) is 6.21. The molecule has 1 saturated heterocycles. The molecule has 33 heavy (non-hydrogen) atoms. The minimum Gasteiger partial charge on any atom is -0.492 e. The van der Waals surface area contributed by atoms with Gasteiger partial charge in [0, 0.05) is 19.3 Å². The van der Waals surface area contributed by atoms with E-state index in [1.165, 1.54) is 5.56 Å². The molecule has 1 fully saturated rings. The summed E-state index contributed by atoms with van der Waals surface area (Å²) < 4.78 is 13.6. The van der Waals surface area contributed by atoms with Gasteiger partial charge in [0.05, 0.1) is 17.8 Å². The Balaban J connectivity index is 1.26. The van der Waals surface area contributed by atoms with Gasteiger partial charge >= 0.3 is 0 Å². The number of hydrogen-bond donors (Lipinski definition) is 1. The molecule has 176 valence electrons. The Morgan fingerprint density at radius 3 is 2.67 bits per heavy atom. The molecule has 1 aliphatic rings. The molecule has 1 aromatic heterocycles. The Morgan fingerprint density at radius 2 is 1.91 bits per heavy atom. The molecule has 1 atom stereocenters. The second-order valence-electron chi connectivity index (χ2n) is 9.03. The standard InChI is InChI=1S/C26H32ClN3O3/c1-20-4-9-24(27)25(14-20)33-19-26(31)10-3-11-29(18-26)17-22-5-7-23(8-6-22)32-13-12-30-16-21(2)15-28-30/h4-9,14-16,31H,3,10-13,17-19H2,1-2H3. The van der Waals surface area contributed by atoms with Crippen LogP contribution in [0.3, 0.4) is 0 Å². The largest absolute Gasteiger partial charge is 0.492 e. The van der Waals surface area contributed by atoms with Crippen molar-refractivity contribution >= 4 is 11.6 Å². The van der Waals surface area contributed by atoms with Crippen molar-refractivity contribution in [2.24, 2.45) is 0 Å². The maximum Gasteiger partial charge on any atom is 0.138 e. The zero-order valence-electron chi connectivity index (χ0n) is 19.3. The number of nitrogens with zero attached hydrogens (tertiary/aromatic N) is 3. The van der Waals surface area contributed by atoms with Crippen LogP contribution in [0.25, 0.3) is 0 Å². The molecule has 7 heteroatoms. The van der Waals surface area contributed by atoms with E-state index in [0.717, 1.165) is 49.4 Å². The van der Waals surface area contributed by atoms with Crippen LogP contribution < -0.4 is 9.47 Å². The first-order valence-corrected chi connectivity index (χ1v) is 11.8. The van der Waals surface area contributed by atoms with Crippen LogP contribution in [-0.2, 0) is 13.1 Å². The number of hydrogen-bond acceptors (Lipinski definition) is 5. The number of β-amino-alcohol motifs (C(OH)–C–C–N with tert-alkyl or cyclic N) is 1. The van der Waals surface area contributed by atoms with E-state index in [9.17, 15) is 5.11 Å². The predicted molar refractivity (Wildman–Crippen MR) is 130 cm³/mol. The minimum atomic E-state index is -0.890.